The van der Waals surface area contributed by atoms with Gasteiger partial charge in [-0.3, -0.25) is 14.4 Å². The largest absolute Gasteiger partial charge is 0.465 e. The lowest BCUT2D eigenvalue weighted by molar-refractivity contribution is -0.149. The first-order valence-electron chi connectivity index (χ1n) is 8.35. The highest BCUT2D eigenvalue weighted by Crippen LogP contribution is 2.14. The first kappa shape index (κ1) is 19.6. The molecular weight excluding hydrogens is 338 g/mol. The zero-order valence-corrected chi connectivity index (χ0v) is 15.2. The second-order valence-electron chi connectivity index (χ2n) is 5.71. The molecule has 0 aliphatic rings. The molecule has 0 aliphatic carbocycles. The topological polar surface area (TPSA) is 90.7 Å². The summed E-state index contributed by atoms with van der Waals surface area (Å²) in [5.41, 5.74) is 0.263. The predicted octanol–water partition coefficient (Wildman–Crippen LogP) is 0.514. The van der Waals surface area contributed by atoms with Crippen LogP contribution >= 0.6 is 0 Å². The van der Waals surface area contributed by atoms with Gasteiger partial charge in [-0.05, 0) is 13.0 Å². The summed E-state index contributed by atoms with van der Waals surface area (Å²) >= 11 is 0. The molecule has 0 saturated carbocycles. The molecule has 0 radical (unpaired) electrons. The minimum Gasteiger partial charge on any atom is -0.465 e. The van der Waals surface area contributed by atoms with Crippen LogP contribution < -0.4 is 5.56 Å². The lowest BCUT2D eigenvalue weighted by atomic mass is 10.1. The van der Waals surface area contributed by atoms with E-state index in [9.17, 15) is 14.4 Å². The van der Waals surface area contributed by atoms with E-state index >= 15 is 0 Å². The molecule has 0 atom stereocenters. The van der Waals surface area contributed by atoms with Crippen molar-refractivity contribution in [3.63, 3.8) is 0 Å². The third-order valence-corrected chi connectivity index (χ3v) is 3.89. The molecule has 1 aromatic carbocycles. The van der Waals surface area contributed by atoms with Crippen molar-refractivity contribution in [1.82, 2.24) is 14.7 Å². The second-order valence-corrected chi connectivity index (χ2v) is 5.71. The summed E-state index contributed by atoms with van der Waals surface area (Å²) in [6.45, 7) is 2.36. The molecule has 0 aliphatic heterocycles. The smallest absolute Gasteiger partial charge is 0.325 e. The molecule has 1 amide bonds. The highest BCUT2D eigenvalue weighted by Gasteiger charge is 2.20. The number of fused-ring (bicyclic) bond motifs is 1. The standard InChI is InChI=1S/C18H23N3O5/c1-4-26-17(23)12-21(9-10-25-3)16(22)11-15-13-7-5-6-8-14(13)18(24)20(2)19-15/h5-8H,4,9-12H2,1-3H3. The van der Waals surface area contributed by atoms with Crippen molar-refractivity contribution in [2.45, 2.75) is 13.3 Å². The van der Waals surface area contributed by atoms with Gasteiger partial charge in [0.15, 0.2) is 0 Å². The van der Waals surface area contributed by atoms with Crippen LogP contribution in [0.15, 0.2) is 29.1 Å². The van der Waals surface area contributed by atoms with Gasteiger partial charge in [0.2, 0.25) is 5.91 Å². The van der Waals surface area contributed by atoms with Gasteiger partial charge in [0.1, 0.15) is 6.54 Å². The molecule has 1 aromatic heterocycles. The van der Waals surface area contributed by atoms with Gasteiger partial charge in [-0.25, -0.2) is 4.68 Å². The van der Waals surface area contributed by atoms with Crippen LogP contribution in [0.5, 0.6) is 0 Å². The molecule has 0 saturated heterocycles. The average Bonchev–Trinajstić information content (AvgIpc) is 2.63. The fourth-order valence-electron chi connectivity index (χ4n) is 2.62. The van der Waals surface area contributed by atoms with E-state index in [0.29, 0.717) is 23.1 Å². The van der Waals surface area contributed by atoms with Crippen LogP contribution in [0.2, 0.25) is 0 Å². The predicted molar refractivity (Wildman–Crippen MR) is 95.8 cm³/mol. The molecule has 0 bridgehead atoms. The number of ether oxygens (including phenoxy) is 2. The molecule has 2 rings (SSSR count). The number of aryl methyl sites for hydroxylation is 1. The maximum atomic E-state index is 12.7. The van der Waals surface area contributed by atoms with Gasteiger partial charge in [0.05, 0.1) is 30.7 Å². The summed E-state index contributed by atoms with van der Waals surface area (Å²) in [6.07, 6.45) is -0.0300. The fourth-order valence-corrected chi connectivity index (χ4v) is 2.62. The Hall–Kier alpha value is -2.74. The molecule has 0 unspecified atom stereocenters. The number of carbonyl (C=O) groups is 2. The molecule has 8 heteroatoms. The Morgan fingerprint density at radius 3 is 2.58 bits per heavy atom. The van der Waals surface area contributed by atoms with Gasteiger partial charge < -0.3 is 14.4 Å². The first-order valence-corrected chi connectivity index (χ1v) is 8.35. The van der Waals surface area contributed by atoms with E-state index in [1.807, 2.05) is 0 Å². The normalized spacial score (nSPS) is 10.7. The third kappa shape index (κ3) is 4.66. The van der Waals surface area contributed by atoms with E-state index in [1.54, 1.807) is 38.2 Å². The maximum Gasteiger partial charge on any atom is 0.325 e. The quantitative estimate of drug-likeness (QED) is 0.637. The lowest BCUT2D eigenvalue weighted by Crippen LogP contribution is -2.40. The van der Waals surface area contributed by atoms with Crippen LogP contribution in [0, 0.1) is 0 Å². The van der Waals surface area contributed by atoms with Crippen molar-refractivity contribution in [3.8, 4) is 0 Å². The maximum absolute atomic E-state index is 12.7. The summed E-state index contributed by atoms with van der Waals surface area (Å²) in [7, 11) is 3.07. The fraction of sp³-hybridized carbons (Fsp3) is 0.444. The highest BCUT2D eigenvalue weighted by molar-refractivity contribution is 5.89. The van der Waals surface area contributed by atoms with Crippen molar-refractivity contribution in [2.24, 2.45) is 7.05 Å². The van der Waals surface area contributed by atoms with E-state index in [0.717, 1.165) is 0 Å². The van der Waals surface area contributed by atoms with Gasteiger partial charge in [0.25, 0.3) is 5.56 Å². The monoisotopic (exact) mass is 361 g/mol. The van der Waals surface area contributed by atoms with Crippen LogP contribution in [0.4, 0.5) is 0 Å². The summed E-state index contributed by atoms with van der Waals surface area (Å²) in [4.78, 5) is 38.1. The minimum atomic E-state index is -0.477. The Labute approximate surface area is 151 Å². The number of carbonyl (C=O) groups excluding carboxylic acids is 2. The first-order chi connectivity index (χ1) is 12.5. The van der Waals surface area contributed by atoms with Crippen LogP contribution in [-0.4, -0.2) is 60.0 Å². The molecule has 0 spiro atoms. The minimum absolute atomic E-state index is 0.0300. The van der Waals surface area contributed by atoms with E-state index in [2.05, 4.69) is 5.10 Å². The zero-order valence-electron chi connectivity index (χ0n) is 15.2. The second kappa shape index (κ2) is 9.10. The molecule has 140 valence electrons. The average molecular weight is 361 g/mol. The van der Waals surface area contributed by atoms with Gasteiger partial charge in [-0.1, -0.05) is 18.2 Å². The summed E-state index contributed by atoms with van der Waals surface area (Å²) in [6, 6.07) is 7.02. The van der Waals surface area contributed by atoms with Crippen LogP contribution in [0.1, 0.15) is 12.6 Å². The molecule has 1 heterocycles. The summed E-state index contributed by atoms with van der Waals surface area (Å²) < 4.78 is 11.2. The SMILES string of the molecule is CCOC(=O)CN(CCOC)C(=O)Cc1nn(C)c(=O)c2ccccc12. The number of hydrogen-bond donors (Lipinski definition) is 0. The lowest BCUT2D eigenvalue weighted by Gasteiger charge is -2.21. The van der Waals surface area contributed by atoms with Crippen LogP contribution in [0.3, 0.4) is 0 Å². The van der Waals surface area contributed by atoms with E-state index in [4.69, 9.17) is 9.47 Å². The van der Waals surface area contributed by atoms with Crippen molar-refractivity contribution in [1.29, 1.82) is 0 Å². The third-order valence-electron chi connectivity index (χ3n) is 3.89. The number of aromatic nitrogens is 2. The number of nitrogens with zero attached hydrogens (tertiary/aromatic N) is 3. The van der Waals surface area contributed by atoms with Gasteiger partial charge in [-0.15, -0.1) is 0 Å². The summed E-state index contributed by atoms with van der Waals surface area (Å²) in [5.74, 6) is -0.762. The van der Waals surface area contributed by atoms with E-state index in [-0.39, 0.29) is 37.6 Å². The molecular formula is C18H23N3O5. The highest BCUT2D eigenvalue weighted by atomic mass is 16.5. The van der Waals surface area contributed by atoms with Crippen molar-refractivity contribution >= 4 is 22.6 Å². The van der Waals surface area contributed by atoms with Gasteiger partial charge >= 0.3 is 5.97 Å². The van der Waals surface area contributed by atoms with Crippen molar-refractivity contribution < 1.29 is 19.1 Å². The van der Waals surface area contributed by atoms with Crippen LogP contribution in [0.25, 0.3) is 10.8 Å². The van der Waals surface area contributed by atoms with Crippen molar-refractivity contribution in [2.75, 3.05) is 33.4 Å². The zero-order chi connectivity index (χ0) is 19.1. The Morgan fingerprint density at radius 2 is 1.92 bits per heavy atom. The molecule has 0 N–H and O–H groups in total. The number of benzene rings is 1. The number of amides is 1. The molecule has 0 fully saturated rings. The Balaban J connectivity index is 2.28. The number of esters is 1. The van der Waals surface area contributed by atoms with E-state index in [1.165, 1.54) is 16.7 Å². The summed E-state index contributed by atoms with van der Waals surface area (Å²) in [5, 5.41) is 5.36. The number of methoxy groups -OCH3 is 1. The molecule has 2 aromatic rings. The Bertz CT molecular complexity index is 846. The van der Waals surface area contributed by atoms with Gasteiger partial charge in [-0.2, -0.15) is 5.10 Å². The molecule has 8 nitrogen and oxygen atoms in total. The molecule has 26 heavy (non-hydrogen) atoms. The Morgan fingerprint density at radius 1 is 1.23 bits per heavy atom. The van der Waals surface area contributed by atoms with E-state index < -0.39 is 5.97 Å². The number of hydrogen-bond acceptors (Lipinski definition) is 6. The Kier molecular flexibility index (Phi) is 6.85. The van der Waals surface area contributed by atoms with Crippen molar-refractivity contribution in [3.05, 3.63) is 40.3 Å². The van der Waals surface area contributed by atoms with Gasteiger partial charge in [0, 0.05) is 26.1 Å². The number of rotatable bonds is 8. The van der Waals surface area contributed by atoms with Crippen LogP contribution in [-0.2, 0) is 32.5 Å².